The van der Waals surface area contributed by atoms with E-state index >= 15 is 0 Å². The van der Waals surface area contributed by atoms with Gasteiger partial charge in [-0.05, 0) is 47.7 Å². The predicted molar refractivity (Wildman–Crippen MR) is 113 cm³/mol. The van der Waals surface area contributed by atoms with Gasteiger partial charge < -0.3 is 10.2 Å². The van der Waals surface area contributed by atoms with Gasteiger partial charge in [0.2, 0.25) is 0 Å². The molecule has 2 heteroatoms. The molecule has 0 aliphatic rings. The van der Waals surface area contributed by atoms with E-state index in [1.54, 1.807) is 0 Å². The summed E-state index contributed by atoms with van der Waals surface area (Å²) >= 11 is 0. The fraction of sp³-hybridized carbons (Fsp3) is 0.391. The van der Waals surface area contributed by atoms with Crippen molar-refractivity contribution in [3.05, 3.63) is 65.7 Å². The van der Waals surface area contributed by atoms with Gasteiger partial charge in [-0.25, -0.2) is 0 Å². The van der Waals surface area contributed by atoms with Gasteiger partial charge >= 0.3 is 0 Å². The third kappa shape index (κ3) is 5.12. The van der Waals surface area contributed by atoms with Gasteiger partial charge in [-0.1, -0.05) is 57.0 Å². The summed E-state index contributed by atoms with van der Waals surface area (Å²) < 4.78 is 0. The number of aryl methyl sites for hydroxylation is 1. The Labute approximate surface area is 153 Å². The average Bonchev–Trinajstić information content (AvgIpc) is 2.64. The van der Waals surface area contributed by atoms with Crippen LogP contribution in [0.3, 0.4) is 0 Å². The van der Waals surface area contributed by atoms with Crippen LogP contribution in [-0.4, -0.2) is 21.1 Å². The first-order valence-corrected chi connectivity index (χ1v) is 9.34. The standard InChI is InChI=1S/C23H32N2/c1-6-7-8-9-10-19-11-16-22(23(17-19)24-3)18(2)20-12-14-21(15-13-20)25(4)5/h11-17,24H,2,6-10H2,1,3-5H3. The van der Waals surface area contributed by atoms with Crippen LogP contribution < -0.4 is 10.2 Å². The summed E-state index contributed by atoms with van der Waals surface area (Å²) in [7, 11) is 6.10. The number of nitrogens with one attached hydrogen (secondary N) is 1. The molecule has 0 radical (unpaired) electrons. The second kappa shape index (κ2) is 9.31. The van der Waals surface area contributed by atoms with Crippen molar-refractivity contribution in [2.24, 2.45) is 0 Å². The van der Waals surface area contributed by atoms with E-state index in [1.165, 1.54) is 42.5 Å². The number of benzene rings is 2. The van der Waals surface area contributed by atoms with Crippen LogP contribution in [-0.2, 0) is 6.42 Å². The lowest BCUT2D eigenvalue weighted by Gasteiger charge is -2.16. The largest absolute Gasteiger partial charge is 0.388 e. The van der Waals surface area contributed by atoms with Crippen molar-refractivity contribution < 1.29 is 0 Å². The Morgan fingerprint density at radius 3 is 2.32 bits per heavy atom. The van der Waals surface area contributed by atoms with Crippen LogP contribution in [0, 0.1) is 0 Å². The summed E-state index contributed by atoms with van der Waals surface area (Å²) in [5, 5.41) is 3.35. The first kappa shape index (κ1) is 19.1. The van der Waals surface area contributed by atoms with Gasteiger partial charge in [-0.3, -0.25) is 0 Å². The van der Waals surface area contributed by atoms with Crippen molar-refractivity contribution in [2.75, 3.05) is 31.4 Å². The lowest BCUT2D eigenvalue weighted by Crippen LogP contribution is -2.08. The lowest BCUT2D eigenvalue weighted by atomic mass is 9.95. The molecule has 0 amide bonds. The minimum atomic E-state index is 1.06. The molecule has 0 saturated heterocycles. The van der Waals surface area contributed by atoms with E-state index in [0.29, 0.717) is 0 Å². The first-order valence-electron chi connectivity index (χ1n) is 9.34. The van der Waals surface area contributed by atoms with Crippen molar-refractivity contribution in [2.45, 2.75) is 39.0 Å². The smallest absolute Gasteiger partial charge is 0.0420 e. The molecule has 2 aromatic rings. The highest BCUT2D eigenvalue weighted by atomic mass is 15.1. The van der Waals surface area contributed by atoms with Gasteiger partial charge in [-0.15, -0.1) is 0 Å². The molecule has 0 heterocycles. The quantitative estimate of drug-likeness (QED) is 0.567. The van der Waals surface area contributed by atoms with E-state index < -0.39 is 0 Å². The van der Waals surface area contributed by atoms with Crippen LogP contribution in [0.2, 0.25) is 0 Å². The molecule has 0 saturated carbocycles. The molecule has 2 nitrogen and oxygen atoms in total. The molecule has 0 aliphatic carbocycles. The van der Waals surface area contributed by atoms with Gasteiger partial charge in [-0.2, -0.15) is 0 Å². The zero-order valence-corrected chi connectivity index (χ0v) is 16.2. The molecule has 2 rings (SSSR count). The van der Waals surface area contributed by atoms with Crippen LogP contribution in [0.5, 0.6) is 0 Å². The van der Waals surface area contributed by atoms with Crippen molar-refractivity contribution in [1.29, 1.82) is 0 Å². The Bertz CT molecular complexity index is 684. The highest BCUT2D eigenvalue weighted by molar-refractivity contribution is 5.85. The van der Waals surface area contributed by atoms with Gasteiger partial charge in [0.25, 0.3) is 0 Å². The normalized spacial score (nSPS) is 10.6. The molecule has 0 bridgehead atoms. The van der Waals surface area contributed by atoms with Crippen LogP contribution in [0.15, 0.2) is 49.0 Å². The SMILES string of the molecule is C=C(c1ccc(N(C)C)cc1)c1ccc(CCCCCC)cc1NC. The van der Waals surface area contributed by atoms with Crippen LogP contribution in [0.25, 0.3) is 5.57 Å². The zero-order chi connectivity index (χ0) is 18.2. The van der Waals surface area contributed by atoms with Crippen LogP contribution in [0.4, 0.5) is 11.4 Å². The summed E-state index contributed by atoms with van der Waals surface area (Å²) in [6, 6.07) is 15.3. The van der Waals surface area contributed by atoms with E-state index in [4.69, 9.17) is 0 Å². The number of unbranched alkanes of at least 4 members (excludes halogenated alkanes) is 3. The lowest BCUT2D eigenvalue weighted by molar-refractivity contribution is 0.667. The maximum Gasteiger partial charge on any atom is 0.0420 e. The number of hydrogen-bond acceptors (Lipinski definition) is 2. The van der Waals surface area contributed by atoms with Crippen LogP contribution in [0.1, 0.15) is 49.3 Å². The Balaban J connectivity index is 2.15. The molecule has 1 N–H and O–H groups in total. The van der Waals surface area contributed by atoms with E-state index in [0.717, 1.165) is 23.2 Å². The predicted octanol–water partition coefficient (Wildman–Crippen LogP) is 5.98. The number of nitrogens with zero attached hydrogens (tertiary/aromatic N) is 1. The van der Waals surface area contributed by atoms with Crippen molar-refractivity contribution in [3.63, 3.8) is 0 Å². The van der Waals surface area contributed by atoms with Gasteiger partial charge in [0.1, 0.15) is 0 Å². The van der Waals surface area contributed by atoms with Crippen LogP contribution >= 0.6 is 0 Å². The fourth-order valence-corrected chi connectivity index (χ4v) is 3.09. The average molecular weight is 337 g/mol. The monoisotopic (exact) mass is 336 g/mol. The molecule has 25 heavy (non-hydrogen) atoms. The Hall–Kier alpha value is -2.22. The van der Waals surface area contributed by atoms with E-state index in [2.05, 4.69) is 80.3 Å². The third-order valence-corrected chi connectivity index (χ3v) is 4.73. The molecule has 0 fully saturated rings. The topological polar surface area (TPSA) is 15.3 Å². The molecule has 0 unspecified atom stereocenters. The molecule has 134 valence electrons. The molecular formula is C23H32N2. The maximum absolute atomic E-state index is 4.34. The number of anilines is 2. The summed E-state index contributed by atoms with van der Waals surface area (Å²) in [5.41, 5.74) is 7.17. The molecule has 0 atom stereocenters. The summed E-state index contributed by atoms with van der Waals surface area (Å²) in [6.07, 6.45) is 6.35. The van der Waals surface area contributed by atoms with Crippen molar-refractivity contribution in [1.82, 2.24) is 0 Å². The van der Waals surface area contributed by atoms with Crippen molar-refractivity contribution >= 4 is 16.9 Å². The van der Waals surface area contributed by atoms with E-state index in [9.17, 15) is 0 Å². The summed E-state index contributed by atoms with van der Waals surface area (Å²) in [5.74, 6) is 0. The Kier molecular flexibility index (Phi) is 7.12. The molecule has 0 aliphatic heterocycles. The Morgan fingerprint density at radius 2 is 1.72 bits per heavy atom. The fourth-order valence-electron chi connectivity index (χ4n) is 3.09. The highest BCUT2D eigenvalue weighted by Crippen LogP contribution is 2.30. The highest BCUT2D eigenvalue weighted by Gasteiger charge is 2.09. The van der Waals surface area contributed by atoms with Gasteiger partial charge in [0, 0.05) is 38.1 Å². The third-order valence-electron chi connectivity index (χ3n) is 4.73. The Morgan fingerprint density at radius 1 is 1.00 bits per heavy atom. The van der Waals surface area contributed by atoms with E-state index in [1.807, 2.05) is 7.05 Å². The summed E-state index contributed by atoms with van der Waals surface area (Å²) in [4.78, 5) is 2.11. The number of rotatable bonds is 9. The first-order chi connectivity index (χ1) is 12.1. The van der Waals surface area contributed by atoms with Gasteiger partial charge in [0.15, 0.2) is 0 Å². The van der Waals surface area contributed by atoms with Crippen molar-refractivity contribution in [3.8, 4) is 0 Å². The maximum atomic E-state index is 4.34. The molecule has 2 aromatic carbocycles. The molecule has 0 aromatic heterocycles. The molecular weight excluding hydrogens is 304 g/mol. The van der Waals surface area contributed by atoms with E-state index in [-0.39, 0.29) is 0 Å². The second-order valence-corrected chi connectivity index (χ2v) is 6.86. The minimum absolute atomic E-state index is 1.06. The molecule has 0 spiro atoms. The van der Waals surface area contributed by atoms with Gasteiger partial charge in [0.05, 0.1) is 0 Å². The summed E-state index contributed by atoms with van der Waals surface area (Å²) in [6.45, 7) is 6.60. The zero-order valence-electron chi connectivity index (χ0n) is 16.2. The number of hydrogen-bond donors (Lipinski definition) is 1. The second-order valence-electron chi connectivity index (χ2n) is 6.86. The minimum Gasteiger partial charge on any atom is -0.388 e.